The summed E-state index contributed by atoms with van der Waals surface area (Å²) in [5, 5.41) is 10.8. The number of hydrogen-bond donors (Lipinski definition) is 0. The number of benzene rings is 2. The van der Waals surface area contributed by atoms with Gasteiger partial charge in [-0.2, -0.15) is 8.42 Å². The van der Waals surface area contributed by atoms with Gasteiger partial charge in [-0.05, 0) is 18.2 Å². The summed E-state index contributed by atoms with van der Waals surface area (Å²) < 4.78 is 59.9. The number of nitro benzene ring substituents is 1. The molecule has 0 unspecified atom stereocenters. The summed E-state index contributed by atoms with van der Waals surface area (Å²) in [5.41, 5.74) is -0.502. The van der Waals surface area contributed by atoms with Crippen LogP contribution in [0.5, 0.6) is 11.5 Å². The number of ether oxygens (including phenoxy) is 1. The third kappa shape index (κ3) is 3.54. The Balaban J connectivity index is 2.47. The van der Waals surface area contributed by atoms with E-state index in [0.29, 0.717) is 12.1 Å². The van der Waals surface area contributed by atoms with Gasteiger partial charge >= 0.3 is 10.1 Å². The highest BCUT2D eigenvalue weighted by Crippen LogP contribution is 2.30. The number of nitrogens with zero attached hydrogens (tertiary/aromatic N) is 1. The molecule has 7 nitrogen and oxygen atoms in total. The summed E-state index contributed by atoms with van der Waals surface area (Å²) >= 11 is 0. The second kappa shape index (κ2) is 6.16. The highest BCUT2D eigenvalue weighted by Gasteiger charge is 2.25. The molecule has 0 aliphatic carbocycles. The number of nitro groups is 1. The van der Waals surface area contributed by atoms with Crippen molar-refractivity contribution in [1.82, 2.24) is 0 Å². The monoisotopic (exact) mass is 345 g/mol. The third-order valence-corrected chi connectivity index (χ3v) is 3.99. The van der Waals surface area contributed by atoms with Crippen molar-refractivity contribution in [3.63, 3.8) is 0 Å². The summed E-state index contributed by atoms with van der Waals surface area (Å²) in [7, 11) is -3.40. The van der Waals surface area contributed by atoms with Crippen LogP contribution in [-0.2, 0) is 10.1 Å². The number of methoxy groups -OCH3 is 1. The molecule has 0 bridgehead atoms. The third-order valence-electron chi connectivity index (χ3n) is 2.72. The van der Waals surface area contributed by atoms with Crippen LogP contribution in [0.25, 0.3) is 0 Å². The molecule has 0 N–H and O–H groups in total. The van der Waals surface area contributed by atoms with E-state index in [1.807, 2.05) is 0 Å². The van der Waals surface area contributed by atoms with Crippen LogP contribution in [0.15, 0.2) is 41.3 Å². The molecular formula is C13H9F2NO6S. The molecule has 0 saturated heterocycles. The molecule has 0 radical (unpaired) electrons. The Morgan fingerprint density at radius 2 is 1.78 bits per heavy atom. The van der Waals surface area contributed by atoms with Gasteiger partial charge in [0, 0.05) is 18.2 Å². The van der Waals surface area contributed by atoms with Gasteiger partial charge in [-0.25, -0.2) is 8.78 Å². The number of hydrogen-bond acceptors (Lipinski definition) is 6. The van der Waals surface area contributed by atoms with Crippen molar-refractivity contribution in [2.75, 3.05) is 7.11 Å². The molecule has 0 saturated carbocycles. The van der Waals surface area contributed by atoms with Gasteiger partial charge in [0.1, 0.15) is 11.5 Å². The lowest BCUT2D eigenvalue weighted by Crippen LogP contribution is -2.12. The molecule has 0 aromatic heterocycles. The first-order valence-electron chi connectivity index (χ1n) is 5.96. The topological polar surface area (TPSA) is 95.7 Å². The van der Waals surface area contributed by atoms with E-state index in [2.05, 4.69) is 4.18 Å². The summed E-state index contributed by atoms with van der Waals surface area (Å²) in [6, 6.07) is 5.00. The Kier molecular flexibility index (Phi) is 4.45. The van der Waals surface area contributed by atoms with Crippen LogP contribution in [0.1, 0.15) is 0 Å². The van der Waals surface area contributed by atoms with Crippen molar-refractivity contribution in [3.05, 3.63) is 58.1 Å². The largest absolute Gasteiger partial charge is 0.495 e. The number of halogens is 2. The van der Waals surface area contributed by atoms with Gasteiger partial charge < -0.3 is 8.92 Å². The average molecular weight is 345 g/mol. The average Bonchev–Trinajstić information content (AvgIpc) is 2.50. The summed E-state index contributed by atoms with van der Waals surface area (Å²) in [4.78, 5) is 9.35. The van der Waals surface area contributed by atoms with Crippen molar-refractivity contribution in [3.8, 4) is 11.5 Å². The predicted octanol–water partition coefficient (Wildman–Crippen LogP) is 2.65. The van der Waals surface area contributed by atoms with Crippen LogP contribution in [0.3, 0.4) is 0 Å². The van der Waals surface area contributed by atoms with Crippen molar-refractivity contribution < 1.29 is 31.0 Å². The van der Waals surface area contributed by atoms with Gasteiger partial charge in [0.05, 0.1) is 12.0 Å². The summed E-state index contributed by atoms with van der Waals surface area (Å²) in [6.45, 7) is 0. The SMILES string of the molecule is COc1ccc([N+](=O)[O-])cc1S(=O)(=O)Oc1ccc(F)c(F)c1. The molecule has 10 heteroatoms. The first kappa shape index (κ1) is 16.6. The minimum Gasteiger partial charge on any atom is -0.495 e. The molecule has 0 aliphatic heterocycles. The van der Waals surface area contributed by atoms with Crippen molar-refractivity contribution >= 4 is 15.8 Å². The van der Waals surface area contributed by atoms with E-state index in [1.165, 1.54) is 0 Å². The molecule has 0 amide bonds. The fourth-order valence-corrected chi connectivity index (χ4v) is 2.78. The maximum atomic E-state index is 13.1. The maximum Gasteiger partial charge on any atom is 0.343 e. The molecule has 0 heterocycles. The first-order valence-corrected chi connectivity index (χ1v) is 7.37. The molecule has 2 rings (SSSR count). The molecule has 0 atom stereocenters. The lowest BCUT2D eigenvalue weighted by Gasteiger charge is -2.10. The van der Waals surface area contributed by atoms with Crippen molar-refractivity contribution in [2.45, 2.75) is 4.90 Å². The summed E-state index contributed by atoms with van der Waals surface area (Å²) in [6.07, 6.45) is 0. The van der Waals surface area contributed by atoms with E-state index in [9.17, 15) is 27.3 Å². The predicted molar refractivity (Wildman–Crippen MR) is 73.8 cm³/mol. The highest BCUT2D eigenvalue weighted by atomic mass is 32.2. The van der Waals surface area contributed by atoms with Crippen LogP contribution < -0.4 is 8.92 Å². The van der Waals surface area contributed by atoms with Gasteiger partial charge in [-0.1, -0.05) is 0 Å². The van der Waals surface area contributed by atoms with E-state index < -0.39 is 43.0 Å². The molecule has 0 fully saturated rings. The molecule has 0 aliphatic rings. The van der Waals surface area contributed by atoms with Crippen molar-refractivity contribution in [1.29, 1.82) is 0 Å². The molecule has 23 heavy (non-hydrogen) atoms. The molecule has 2 aromatic rings. The van der Waals surface area contributed by atoms with E-state index in [-0.39, 0.29) is 5.75 Å². The first-order chi connectivity index (χ1) is 10.7. The Morgan fingerprint density at radius 1 is 1.09 bits per heavy atom. The van der Waals surface area contributed by atoms with Crippen LogP contribution >= 0.6 is 0 Å². The molecule has 0 spiro atoms. The van der Waals surface area contributed by atoms with Gasteiger partial charge in [0.2, 0.25) is 0 Å². The minimum atomic E-state index is -4.56. The van der Waals surface area contributed by atoms with Crippen LogP contribution in [0, 0.1) is 21.7 Å². The Morgan fingerprint density at radius 3 is 2.35 bits per heavy atom. The quantitative estimate of drug-likeness (QED) is 0.470. The lowest BCUT2D eigenvalue weighted by atomic mass is 10.3. The lowest BCUT2D eigenvalue weighted by molar-refractivity contribution is -0.385. The van der Waals surface area contributed by atoms with E-state index >= 15 is 0 Å². The fourth-order valence-electron chi connectivity index (χ4n) is 1.67. The second-order valence-corrected chi connectivity index (χ2v) is 5.72. The molecule has 122 valence electrons. The Bertz CT molecular complexity index is 869. The zero-order chi connectivity index (χ0) is 17.2. The highest BCUT2D eigenvalue weighted by molar-refractivity contribution is 7.87. The van der Waals surface area contributed by atoms with Crippen LogP contribution in [0.2, 0.25) is 0 Å². The van der Waals surface area contributed by atoms with Gasteiger partial charge in [0.25, 0.3) is 5.69 Å². The van der Waals surface area contributed by atoms with Crippen LogP contribution in [0.4, 0.5) is 14.5 Å². The van der Waals surface area contributed by atoms with E-state index in [4.69, 9.17) is 4.74 Å². The van der Waals surface area contributed by atoms with Gasteiger partial charge in [-0.15, -0.1) is 0 Å². The molecular weight excluding hydrogens is 336 g/mol. The standard InChI is InChI=1S/C13H9F2NO6S/c1-21-12-5-2-8(16(17)18)6-13(12)23(19,20)22-9-3-4-10(14)11(15)7-9/h2-7H,1H3. The normalized spacial score (nSPS) is 11.1. The van der Waals surface area contributed by atoms with Gasteiger partial charge in [-0.3, -0.25) is 10.1 Å². The minimum absolute atomic E-state index is 0.196. The second-order valence-electron chi connectivity index (χ2n) is 4.21. The Hall–Kier alpha value is -2.75. The molecule has 2 aromatic carbocycles. The number of non-ortho nitro benzene ring substituents is 1. The fraction of sp³-hybridized carbons (Fsp3) is 0.0769. The Labute approximate surface area is 129 Å². The van der Waals surface area contributed by atoms with Gasteiger partial charge in [0.15, 0.2) is 16.5 Å². The van der Waals surface area contributed by atoms with E-state index in [1.54, 1.807) is 0 Å². The zero-order valence-electron chi connectivity index (χ0n) is 11.5. The smallest absolute Gasteiger partial charge is 0.343 e. The maximum absolute atomic E-state index is 13.1. The number of rotatable bonds is 5. The van der Waals surface area contributed by atoms with Crippen molar-refractivity contribution in [2.24, 2.45) is 0 Å². The zero-order valence-corrected chi connectivity index (χ0v) is 12.3. The summed E-state index contributed by atoms with van der Waals surface area (Å²) in [5.74, 6) is -3.16. The van der Waals surface area contributed by atoms with Crippen LogP contribution in [-0.4, -0.2) is 20.5 Å². The van der Waals surface area contributed by atoms with E-state index in [0.717, 1.165) is 31.4 Å².